The highest BCUT2D eigenvalue weighted by molar-refractivity contribution is 7.99. The predicted octanol–water partition coefficient (Wildman–Crippen LogP) is 4.13. The maximum absolute atomic E-state index is 4.62. The number of benzene rings is 1. The molecule has 1 aromatic heterocycles. The maximum Gasteiger partial charge on any atom is 0.117 e. The number of aromatic nitrogens is 2. The Bertz CT molecular complexity index is 453. The fourth-order valence-electron chi connectivity index (χ4n) is 2.50. The number of rotatable bonds is 3. The Hall–Kier alpha value is -0.960. The van der Waals surface area contributed by atoms with Crippen LogP contribution in [0.2, 0.25) is 0 Å². The lowest BCUT2D eigenvalue weighted by Gasteiger charge is -2.20. The summed E-state index contributed by atoms with van der Waals surface area (Å²) in [5.74, 6) is 2.15. The molecule has 3 heteroatoms. The van der Waals surface area contributed by atoms with E-state index in [9.17, 15) is 0 Å². The molecule has 1 saturated carbocycles. The second-order valence-electron chi connectivity index (χ2n) is 4.77. The number of nitrogens with one attached hydrogen (secondary N) is 1. The van der Waals surface area contributed by atoms with Crippen LogP contribution in [-0.2, 0) is 5.75 Å². The molecule has 3 rings (SSSR count). The Labute approximate surface area is 106 Å². The summed E-state index contributed by atoms with van der Waals surface area (Å²) in [6, 6.07) is 8.26. The van der Waals surface area contributed by atoms with Gasteiger partial charge < -0.3 is 4.98 Å². The zero-order chi connectivity index (χ0) is 11.5. The van der Waals surface area contributed by atoms with Crippen molar-refractivity contribution in [3.8, 4) is 0 Å². The quantitative estimate of drug-likeness (QED) is 0.882. The second kappa shape index (κ2) is 5.13. The molecule has 17 heavy (non-hydrogen) atoms. The number of hydrogen-bond acceptors (Lipinski definition) is 2. The molecule has 1 aromatic carbocycles. The van der Waals surface area contributed by atoms with E-state index >= 15 is 0 Å². The van der Waals surface area contributed by atoms with Gasteiger partial charge in [0.05, 0.1) is 16.8 Å². The molecule has 0 aliphatic heterocycles. The van der Waals surface area contributed by atoms with Gasteiger partial charge in [0.15, 0.2) is 0 Å². The Balaban J connectivity index is 1.64. The molecule has 0 unspecified atom stereocenters. The van der Waals surface area contributed by atoms with Crippen molar-refractivity contribution in [2.75, 3.05) is 0 Å². The van der Waals surface area contributed by atoms with E-state index in [4.69, 9.17) is 0 Å². The van der Waals surface area contributed by atoms with Crippen LogP contribution in [-0.4, -0.2) is 15.2 Å². The van der Waals surface area contributed by atoms with Crippen LogP contribution < -0.4 is 0 Å². The van der Waals surface area contributed by atoms with Gasteiger partial charge in [-0.2, -0.15) is 11.8 Å². The van der Waals surface area contributed by atoms with Crippen molar-refractivity contribution in [2.45, 2.75) is 43.1 Å². The number of hydrogen-bond donors (Lipinski definition) is 1. The fraction of sp³-hybridized carbons (Fsp3) is 0.500. The highest BCUT2D eigenvalue weighted by Crippen LogP contribution is 2.30. The molecule has 1 fully saturated rings. The van der Waals surface area contributed by atoms with Gasteiger partial charge in [-0.3, -0.25) is 0 Å². The third-order valence-electron chi connectivity index (χ3n) is 3.45. The molecule has 1 aliphatic rings. The molecule has 2 nitrogen and oxygen atoms in total. The monoisotopic (exact) mass is 246 g/mol. The minimum absolute atomic E-state index is 0.858. The van der Waals surface area contributed by atoms with Crippen LogP contribution in [0.4, 0.5) is 0 Å². The average molecular weight is 246 g/mol. The Morgan fingerprint density at radius 1 is 1.18 bits per heavy atom. The fourth-order valence-corrected chi connectivity index (χ4v) is 3.70. The first-order valence-electron chi connectivity index (χ1n) is 6.47. The van der Waals surface area contributed by atoms with E-state index in [0.717, 1.165) is 27.9 Å². The summed E-state index contributed by atoms with van der Waals surface area (Å²) in [5.41, 5.74) is 2.25. The summed E-state index contributed by atoms with van der Waals surface area (Å²) >= 11 is 2.07. The smallest absolute Gasteiger partial charge is 0.117 e. The summed E-state index contributed by atoms with van der Waals surface area (Å²) in [4.78, 5) is 8.02. The number of nitrogens with zero attached hydrogens (tertiary/aromatic N) is 1. The molecule has 0 atom stereocenters. The Morgan fingerprint density at radius 3 is 2.82 bits per heavy atom. The largest absolute Gasteiger partial charge is 0.341 e. The van der Waals surface area contributed by atoms with Crippen LogP contribution in [0.25, 0.3) is 11.0 Å². The molecule has 0 bridgehead atoms. The second-order valence-corrected chi connectivity index (χ2v) is 6.06. The third kappa shape index (κ3) is 2.65. The van der Waals surface area contributed by atoms with Crippen molar-refractivity contribution in [2.24, 2.45) is 0 Å². The highest BCUT2D eigenvalue weighted by atomic mass is 32.2. The van der Waals surface area contributed by atoms with Crippen LogP contribution in [0.15, 0.2) is 24.3 Å². The van der Waals surface area contributed by atoms with E-state index in [1.807, 2.05) is 6.07 Å². The molecule has 0 saturated heterocycles. The van der Waals surface area contributed by atoms with Gasteiger partial charge in [0.2, 0.25) is 0 Å². The van der Waals surface area contributed by atoms with Gasteiger partial charge >= 0.3 is 0 Å². The number of aromatic amines is 1. The number of para-hydroxylation sites is 2. The van der Waals surface area contributed by atoms with Crippen LogP contribution in [0.3, 0.4) is 0 Å². The first-order valence-corrected chi connectivity index (χ1v) is 7.52. The summed E-state index contributed by atoms with van der Waals surface area (Å²) in [7, 11) is 0. The minimum atomic E-state index is 0.858. The summed E-state index contributed by atoms with van der Waals surface area (Å²) < 4.78 is 0. The maximum atomic E-state index is 4.62. The number of thioether (sulfide) groups is 1. The topological polar surface area (TPSA) is 28.7 Å². The summed E-state index contributed by atoms with van der Waals surface area (Å²) in [5, 5.41) is 0.858. The Kier molecular flexibility index (Phi) is 3.36. The van der Waals surface area contributed by atoms with Crippen molar-refractivity contribution in [1.29, 1.82) is 0 Å². The van der Waals surface area contributed by atoms with Crippen molar-refractivity contribution >= 4 is 22.8 Å². The van der Waals surface area contributed by atoms with E-state index in [0.29, 0.717) is 0 Å². The lowest BCUT2D eigenvalue weighted by molar-refractivity contribution is 0.516. The molecule has 1 N–H and O–H groups in total. The molecular formula is C14H18N2S. The number of fused-ring (bicyclic) bond motifs is 1. The van der Waals surface area contributed by atoms with Gasteiger partial charge in [0, 0.05) is 5.25 Å². The zero-order valence-corrected chi connectivity index (χ0v) is 10.8. The van der Waals surface area contributed by atoms with Gasteiger partial charge in [-0.1, -0.05) is 31.4 Å². The van der Waals surface area contributed by atoms with Crippen molar-refractivity contribution in [3.63, 3.8) is 0 Å². The molecule has 1 heterocycles. The van der Waals surface area contributed by atoms with Crippen LogP contribution in [0.1, 0.15) is 37.9 Å². The standard InChI is InChI=1S/C14H18N2S/c1-2-6-11(7-3-1)17-10-14-15-12-8-4-5-9-13(12)16-14/h4-5,8-9,11H,1-3,6-7,10H2,(H,15,16). The van der Waals surface area contributed by atoms with E-state index in [2.05, 4.69) is 39.9 Å². The zero-order valence-electron chi connectivity index (χ0n) is 9.98. The van der Waals surface area contributed by atoms with Crippen LogP contribution >= 0.6 is 11.8 Å². The molecular weight excluding hydrogens is 228 g/mol. The van der Waals surface area contributed by atoms with Gasteiger partial charge in [-0.05, 0) is 25.0 Å². The average Bonchev–Trinajstić information content (AvgIpc) is 2.80. The van der Waals surface area contributed by atoms with E-state index < -0.39 is 0 Å². The Morgan fingerprint density at radius 2 is 2.00 bits per heavy atom. The molecule has 0 spiro atoms. The van der Waals surface area contributed by atoms with Crippen LogP contribution in [0, 0.1) is 0 Å². The summed E-state index contributed by atoms with van der Waals surface area (Å²) in [6.07, 6.45) is 7.05. The number of imidazole rings is 1. The van der Waals surface area contributed by atoms with Gasteiger partial charge in [0.1, 0.15) is 5.82 Å². The van der Waals surface area contributed by atoms with Crippen molar-refractivity contribution in [3.05, 3.63) is 30.1 Å². The van der Waals surface area contributed by atoms with Crippen LogP contribution in [0.5, 0.6) is 0 Å². The molecule has 2 aromatic rings. The highest BCUT2D eigenvalue weighted by Gasteiger charge is 2.14. The molecule has 1 aliphatic carbocycles. The van der Waals surface area contributed by atoms with Crippen molar-refractivity contribution in [1.82, 2.24) is 9.97 Å². The van der Waals surface area contributed by atoms with E-state index in [-0.39, 0.29) is 0 Å². The molecule has 0 amide bonds. The summed E-state index contributed by atoms with van der Waals surface area (Å²) in [6.45, 7) is 0. The van der Waals surface area contributed by atoms with E-state index in [1.165, 1.54) is 32.1 Å². The van der Waals surface area contributed by atoms with Gasteiger partial charge in [-0.25, -0.2) is 4.98 Å². The first kappa shape index (κ1) is 11.1. The SMILES string of the molecule is c1ccc2[nH]c(CSC3CCCCC3)nc2c1. The van der Waals surface area contributed by atoms with E-state index in [1.54, 1.807) is 0 Å². The predicted molar refractivity (Wildman–Crippen MR) is 74.3 cm³/mol. The molecule has 0 radical (unpaired) electrons. The normalized spacial score (nSPS) is 17.6. The van der Waals surface area contributed by atoms with Crippen molar-refractivity contribution < 1.29 is 0 Å². The lowest BCUT2D eigenvalue weighted by Crippen LogP contribution is -2.08. The number of H-pyrrole nitrogens is 1. The van der Waals surface area contributed by atoms with Gasteiger partial charge in [-0.15, -0.1) is 0 Å². The minimum Gasteiger partial charge on any atom is -0.341 e. The first-order chi connectivity index (χ1) is 8.42. The third-order valence-corrected chi connectivity index (χ3v) is 4.83. The lowest BCUT2D eigenvalue weighted by atomic mass is 10.0. The van der Waals surface area contributed by atoms with Gasteiger partial charge in [0.25, 0.3) is 0 Å². The molecule has 90 valence electrons.